The van der Waals surface area contributed by atoms with E-state index in [4.69, 9.17) is 28.4 Å². The van der Waals surface area contributed by atoms with Crippen LogP contribution in [0.1, 0.15) is 19.8 Å². The van der Waals surface area contributed by atoms with Crippen molar-refractivity contribution < 1.29 is 38.0 Å². The van der Waals surface area contributed by atoms with E-state index in [0.717, 1.165) is 0 Å². The van der Waals surface area contributed by atoms with Crippen LogP contribution >= 0.6 is 0 Å². The average Bonchev–Trinajstić information content (AvgIpc) is 3.10. The van der Waals surface area contributed by atoms with Crippen molar-refractivity contribution in [2.75, 3.05) is 13.2 Å². The Kier molecular flexibility index (Phi) is 3.45. The number of hydrogen-bond donors (Lipinski definition) is 0. The van der Waals surface area contributed by atoms with Gasteiger partial charge >= 0.3 is 11.9 Å². The first-order valence-corrected chi connectivity index (χ1v) is 7.65. The van der Waals surface area contributed by atoms with Gasteiger partial charge in [-0.2, -0.15) is 0 Å². The molecule has 0 aromatic rings. The molecule has 8 nitrogen and oxygen atoms in total. The number of esters is 2. The van der Waals surface area contributed by atoms with E-state index in [-0.39, 0.29) is 5.57 Å². The van der Waals surface area contributed by atoms with Crippen LogP contribution in [0.3, 0.4) is 0 Å². The van der Waals surface area contributed by atoms with E-state index >= 15 is 0 Å². The van der Waals surface area contributed by atoms with Gasteiger partial charge < -0.3 is 28.4 Å². The maximum Gasteiger partial charge on any atom is 0.350 e. The van der Waals surface area contributed by atoms with Crippen molar-refractivity contribution in [2.45, 2.75) is 56.3 Å². The van der Waals surface area contributed by atoms with Crippen LogP contribution in [-0.4, -0.2) is 61.6 Å². The van der Waals surface area contributed by atoms with E-state index in [1.54, 1.807) is 0 Å². The zero-order valence-corrected chi connectivity index (χ0v) is 12.7. The second-order valence-corrected chi connectivity index (χ2v) is 6.20. The standard InChI is InChI=1S/C15H18O8/c1-7(2)12(16)20-10-8-9(19-13(10)17)11-14(21-8)23-15(22-11)3-5-18-6-4-15/h8-11,14H,1,3-6H2,2H3. The molecule has 4 fully saturated rings. The highest BCUT2D eigenvalue weighted by atomic mass is 16.9. The Hall–Kier alpha value is -1.48. The molecular weight excluding hydrogens is 308 g/mol. The van der Waals surface area contributed by atoms with Crippen LogP contribution in [0, 0.1) is 0 Å². The van der Waals surface area contributed by atoms with Gasteiger partial charge in [-0.3, -0.25) is 0 Å². The molecule has 0 bridgehead atoms. The quantitative estimate of drug-likeness (QED) is 0.519. The summed E-state index contributed by atoms with van der Waals surface area (Å²) >= 11 is 0. The molecular formula is C15H18O8. The molecule has 0 aromatic heterocycles. The summed E-state index contributed by atoms with van der Waals surface area (Å²) < 4.78 is 33.5. The molecule has 23 heavy (non-hydrogen) atoms. The van der Waals surface area contributed by atoms with Crippen LogP contribution in [0.2, 0.25) is 0 Å². The lowest BCUT2D eigenvalue weighted by atomic mass is 10.1. The van der Waals surface area contributed by atoms with Gasteiger partial charge in [0.25, 0.3) is 0 Å². The lowest BCUT2D eigenvalue weighted by Gasteiger charge is -2.33. The van der Waals surface area contributed by atoms with E-state index in [1.165, 1.54) is 6.92 Å². The number of carbonyl (C=O) groups is 2. The summed E-state index contributed by atoms with van der Waals surface area (Å²) in [7, 11) is 0. The highest BCUT2D eigenvalue weighted by Gasteiger charge is 2.65. The Labute approximate surface area is 132 Å². The molecule has 4 heterocycles. The smallest absolute Gasteiger partial charge is 0.350 e. The number of carbonyl (C=O) groups excluding carboxylic acids is 2. The molecule has 4 aliphatic heterocycles. The van der Waals surface area contributed by atoms with Crippen molar-refractivity contribution >= 4 is 11.9 Å². The number of ether oxygens (including phenoxy) is 6. The molecule has 0 aromatic carbocycles. The summed E-state index contributed by atoms with van der Waals surface area (Å²) in [5.74, 6) is -2.03. The fourth-order valence-electron chi connectivity index (χ4n) is 3.32. The summed E-state index contributed by atoms with van der Waals surface area (Å²) in [6.07, 6.45) is -2.44. The zero-order chi connectivity index (χ0) is 16.2. The Morgan fingerprint density at radius 1 is 1.22 bits per heavy atom. The minimum absolute atomic E-state index is 0.202. The van der Waals surface area contributed by atoms with Gasteiger partial charge in [0.15, 0.2) is 24.3 Å². The van der Waals surface area contributed by atoms with Crippen LogP contribution in [0.25, 0.3) is 0 Å². The van der Waals surface area contributed by atoms with Gasteiger partial charge in [-0.25, -0.2) is 9.59 Å². The minimum atomic E-state index is -1.12. The SMILES string of the molecule is C=C(C)C(=O)OC1C(=O)OC2C3OC4(CCOCC4)OC3OC12. The topological polar surface area (TPSA) is 89.5 Å². The summed E-state index contributed by atoms with van der Waals surface area (Å²) in [6, 6.07) is 0. The molecule has 5 atom stereocenters. The third kappa shape index (κ3) is 2.37. The number of rotatable bonds is 2. The molecule has 0 aliphatic carbocycles. The van der Waals surface area contributed by atoms with Crippen LogP contribution in [-0.2, 0) is 38.0 Å². The van der Waals surface area contributed by atoms with Gasteiger partial charge in [-0.05, 0) is 6.92 Å². The molecule has 0 amide bonds. The summed E-state index contributed by atoms with van der Waals surface area (Å²) in [4.78, 5) is 23.6. The van der Waals surface area contributed by atoms with Gasteiger partial charge in [0.1, 0.15) is 6.10 Å². The minimum Gasteiger partial charge on any atom is -0.454 e. The molecule has 4 rings (SSSR count). The fourth-order valence-corrected chi connectivity index (χ4v) is 3.32. The second-order valence-electron chi connectivity index (χ2n) is 6.20. The zero-order valence-electron chi connectivity index (χ0n) is 12.7. The molecule has 4 aliphatic rings. The second kappa shape index (κ2) is 5.27. The molecule has 4 saturated heterocycles. The third-order valence-electron chi connectivity index (χ3n) is 4.51. The Balaban J connectivity index is 1.47. The first-order valence-electron chi connectivity index (χ1n) is 7.65. The average molecular weight is 326 g/mol. The van der Waals surface area contributed by atoms with Gasteiger partial charge in [0.2, 0.25) is 6.10 Å². The predicted molar refractivity (Wildman–Crippen MR) is 72.0 cm³/mol. The fraction of sp³-hybridized carbons (Fsp3) is 0.733. The summed E-state index contributed by atoms with van der Waals surface area (Å²) in [5, 5.41) is 0. The molecule has 1 spiro atoms. The van der Waals surface area contributed by atoms with Crippen molar-refractivity contribution in [3.63, 3.8) is 0 Å². The van der Waals surface area contributed by atoms with Crippen molar-refractivity contribution in [1.29, 1.82) is 0 Å². The summed E-state index contributed by atoms with van der Waals surface area (Å²) in [5.41, 5.74) is 0.202. The lowest BCUT2D eigenvalue weighted by molar-refractivity contribution is -0.259. The molecule has 0 radical (unpaired) electrons. The van der Waals surface area contributed by atoms with Crippen molar-refractivity contribution in [1.82, 2.24) is 0 Å². The molecule has 0 saturated carbocycles. The summed E-state index contributed by atoms with van der Waals surface area (Å²) in [6.45, 7) is 6.09. The molecule has 8 heteroatoms. The Bertz CT molecular complexity index is 552. The normalized spacial score (nSPS) is 40.6. The first kappa shape index (κ1) is 15.1. The molecule has 0 N–H and O–H groups in total. The number of hydrogen-bond acceptors (Lipinski definition) is 8. The van der Waals surface area contributed by atoms with E-state index in [1.807, 2.05) is 0 Å². The number of fused-ring (bicyclic) bond motifs is 3. The predicted octanol–water partition coefficient (Wildman–Crippen LogP) is 0.0467. The van der Waals surface area contributed by atoms with Crippen LogP contribution in [0.5, 0.6) is 0 Å². The van der Waals surface area contributed by atoms with Gasteiger partial charge in [0, 0.05) is 18.4 Å². The maximum atomic E-state index is 12.0. The van der Waals surface area contributed by atoms with Gasteiger partial charge in [-0.15, -0.1) is 0 Å². The van der Waals surface area contributed by atoms with Crippen LogP contribution in [0.4, 0.5) is 0 Å². The third-order valence-corrected chi connectivity index (χ3v) is 4.51. The highest BCUT2D eigenvalue weighted by molar-refractivity contribution is 5.90. The van der Waals surface area contributed by atoms with E-state index < -0.39 is 48.4 Å². The van der Waals surface area contributed by atoms with Crippen molar-refractivity contribution in [3.05, 3.63) is 12.2 Å². The monoisotopic (exact) mass is 326 g/mol. The first-order chi connectivity index (χ1) is 11.0. The highest BCUT2D eigenvalue weighted by Crippen LogP contribution is 2.46. The Morgan fingerprint density at radius 2 is 1.96 bits per heavy atom. The van der Waals surface area contributed by atoms with Crippen molar-refractivity contribution in [3.8, 4) is 0 Å². The van der Waals surface area contributed by atoms with Gasteiger partial charge in [-0.1, -0.05) is 6.58 Å². The van der Waals surface area contributed by atoms with E-state index in [9.17, 15) is 9.59 Å². The Morgan fingerprint density at radius 3 is 2.65 bits per heavy atom. The van der Waals surface area contributed by atoms with E-state index in [2.05, 4.69) is 6.58 Å². The lowest BCUT2D eigenvalue weighted by Crippen LogP contribution is -2.42. The van der Waals surface area contributed by atoms with Crippen LogP contribution in [0.15, 0.2) is 12.2 Å². The van der Waals surface area contributed by atoms with Crippen LogP contribution < -0.4 is 0 Å². The largest absolute Gasteiger partial charge is 0.454 e. The van der Waals surface area contributed by atoms with Gasteiger partial charge in [0.05, 0.1) is 13.2 Å². The molecule has 5 unspecified atom stereocenters. The van der Waals surface area contributed by atoms with E-state index in [0.29, 0.717) is 26.1 Å². The molecule has 126 valence electrons. The maximum absolute atomic E-state index is 12.0. The van der Waals surface area contributed by atoms with Crippen molar-refractivity contribution in [2.24, 2.45) is 0 Å².